The fourth-order valence-corrected chi connectivity index (χ4v) is 2.09. The molecule has 0 saturated carbocycles. The van der Waals surface area contributed by atoms with Crippen LogP contribution in [0.15, 0.2) is 23.0 Å². The molecule has 0 amide bonds. The topological polar surface area (TPSA) is 51.8 Å². The van der Waals surface area contributed by atoms with Crippen LogP contribution in [-0.2, 0) is 0 Å². The van der Waals surface area contributed by atoms with E-state index in [0.717, 1.165) is 22.6 Å². The normalized spacial score (nSPS) is 12.7. The van der Waals surface area contributed by atoms with Gasteiger partial charge in [-0.3, -0.25) is 0 Å². The highest BCUT2D eigenvalue weighted by atomic mass is 32.1. The van der Waals surface area contributed by atoms with E-state index < -0.39 is 0 Å². The first-order valence-electron chi connectivity index (χ1n) is 4.80. The molecule has 2 N–H and O–H groups in total. The molecule has 2 aromatic rings. The minimum absolute atomic E-state index is 0.0125. The van der Waals surface area contributed by atoms with Crippen LogP contribution in [0.3, 0.4) is 0 Å². The van der Waals surface area contributed by atoms with Crippen molar-refractivity contribution in [3.63, 3.8) is 0 Å². The van der Waals surface area contributed by atoms with Gasteiger partial charge in [0.2, 0.25) is 0 Å². The van der Waals surface area contributed by atoms with Crippen molar-refractivity contribution in [2.75, 3.05) is 0 Å². The molecule has 0 aliphatic heterocycles. The summed E-state index contributed by atoms with van der Waals surface area (Å²) in [4.78, 5) is 8.77. The van der Waals surface area contributed by atoms with Crippen LogP contribution in [0.25, 0.3) is 11.4 Å². The number of aryl methyl sites for hydroxylation is 1. The van der Waals surface area contributed by atoms with Crippen LogP contribution < -0.4 is 5.73 Å². The van der Waals surface area contributed by atoms with Gasteiger partial charge in [-0.2, -0.15) is 11.3 Å². The summed E-state index contributed by atoms with van der Waals surface area (Å²) in [6, 6.07) is 2.01. The molecule has 2 heterocycles. The molecule has 2 rings (SSSR count). The summed E-state index contributed by atoms with van der Waals surface area (Å²) in [6.45, 7) is 3.91. The Morgan fingerprint density at radius 2 is 2.27 bits per heavy atom. The van der Waals surface area contributed by atoms with Gasteiger partial charge in [-0.25, -0.2) is 9.97 Å². The van der Waals surface area contributed by atoms with Crippen LogP contribution in [0, 0.1) is 6.92 Å². The van der Waals surface area contributed by atoms with E-state index in [1.54, 1.807) is 11.3 Å². The predicted octanol–water partition coefficient (Wildman–Crippen LogP) is 2.53. The van der Waals surface area contributed by atoms with Gasteiger partial charge in [0.05, 0.1) is 0 Å². The van der Waals surface area contributed by atoms with Crippen molar-refractivity contribution < 1.29 is 0 Å². The van der Waals surface area contributed by atoms with Gasteiger partial charge < -0.3 is 5.73 Å². The molecule has 0 saturated heterocycles. The molecular weight excluding hydrogens is 206 g/mol. The summed E-state index contributed by atoms with van der Waals surface area (Å²) in [7, 11) is 0. The Labute approximate surface area is 93.0 Å². The second kappa shape index (κ2) is 4.08. The Kier molecular flexibility index (Phi) is 2.79. The summed E-state index contributed by atoms with van der Waals surface area (Å²) >= 11 is 1.65. The van der Waals surface area contributed by atoms with E-state index in [0.29, 0.717) is 0 Å². The summed E-state index contributed by atoms with van der Waals surface area (Å²) in [5, 5.41) is 4.06. The third-order valence-electron chi connectivity index (χ3n) is 2.29. The molecule has 0 aromatic carbocycles. The van der Waals surface area contributed by atoms with Crippen LogP contribution in [-0.4, -0.2) is 9.97 Å². The second-order valence-electron chi connectivity index (χ2n) is 3.54. The number of thiophene rings is 1. The lowest BCUT2D eigenvalue weighted by molar-refractivity contribution is 0.790. The zero-order valence-corrected chi connectivity index (χ0v) is 9.58. The van der Waals surface area contributed by atoms with Crippen LogP contribution in [0.2, 0.25) is 0 Å². The summed E-state index contributed by atoms with van der Waals surface area (Å²) in [5.41, 5.74) is 8.84. The van der Waals surface area contributed by atoms with Crippen molar-refractivity contribution in [2.24, 2.45) is 5.73 Å². The smallest absolute Gasteiger partial charge is 0.160 e. The standard InChI is InChI=1S/C11H13N3S/c1-7(12)10-5-13-11(14-8(10)2)9-3-4-15-6-9/h3-7H,12H2,1-2H3/t7-/m1/s1. The van der Waals surface area contributed by atoms with Crippen LogP contribution in [0.5, 0.6) is 0 Å². The van der Waals surface area contributed by atoms with Gasteiger partial charge in [0.1, 0.15) is 0 Å². The molecule has 0 aliphatic carbocycles. The maximum atomic E-state index is 5.81. The monoisotopic (exact) mass is 219 g/mol. The van der Waals surface area contributed by atoms with Crippen LogP contribution in [0.1, 0.15) is 24.2 Å². The Balaban J connectivity index is 2.42. The van der Waals surface area contributed by atoms with E-state index in [4.69, 9.17) is 5.73 Å². The first-order valence-corrected chi connectivity index (χ1v) is 5.74. The van der Waals surface area contributed by atoms with Crippen molar-refractivity contribution >= 4 is 11.3 Å². The van der Waals surface area contributed by atoms with E-state index in [-0.39, 0.29) is 6.04 Å². The van der Waals surface area contributed by atoms with Gasteiger partial charge in [0.25, 0.3) is 0 Å². The van der Waals surface area contributed by atoms with Gasteiger partial charge in [-0.05, 0) is 25.3 Å². The molecule has 2 aromatic heterocycles. The maximum Gasteiger partial charge on any atom is 0.160 e. The Bertz CT molecular complexity index is 449. The average Bonchev–Trinajstić information content (AvgIpc) is 2.69. The molecule has 0 bridgehead atoms. The lowest BCUT2D eigenvalue weighted by Gasteiger charge is -2.08. The van der Waals surface area contributed by atoms with Gasteiger partial charge in [0.15, 0.2) is 5.82 Å². The first-order chi connectivity index (χ1) is 7.18. The number of hydrogen-bond donors (Lipinski definition) is 1. The third kappa shape index (κ3) is 2.06. The third-order valence-corrected chi connectivity index (χ3v) is 2.97. The van der Waals surface area contributed by atoms with Gasteiger partial charge in [0, 0.05) is 34.4 Å². The number of hydrogen-bond acceptors (Lipinski definition) is 4. The zero-order valence-electron chi connectivity index (χ0n) is 8.77. The summed E-state index contributed by atoms with van der Waals surface area (Å²) < 4.78 is 0. The fraction of sp³-hybridized carbons (Fsp3) is 0.273. The van der Waals surface area contributed by atoms with Crippen molar-refractivity contribution in [2.45, 2.75) is 19.9 Å². The number of nitrogens with two attached hydrogens (primary N) is 1. The fourth-order valence-electron chi connectivity index (χ4n) is 1.45. The van der Waals surface area contributed by atoms with E-state index in [9.17, 15) is 0 Å². The summed E-state index contributed by atoms with van der Waals surface area (Å²) in [5.74, 6) is 0.776. The molecule has 0 radical (unpaired) electrons. The molecule has 0 unspecified atom stereocenters. The molecule has 0 aliphatic rings. The highest BCUT2D eigenvalue weighted by Crippen LogP contribution is 2.20. The van der Waals surface area contributed by atoms with Gasteiger partial charge in [-0.1, -0.05) is 0 Å². The van der Waals surface area contributed by atoms with Crippen LogP contribution >= 0.6 is 11.3 Å². The average molecular weight is 219 g/mol. The van der Waals surface area contributed by atoms with Crippen molar-refractivity contribution in [3.8, 4) is 11.4 Å². The Morgan fingerprint density at radius 3 is 2.80 bits per heavy atom. The predicted molar refractivity (Wildman–Crippen MR) is 62.7 cm³/mol. The first kappa shape index (κ1) is 10.3. The Hall–Kier alpha value is -1.26. The van der Waals surface area contributed by atoms with Gasteiger partial charge in [-0.15, -0.1) is 0 Å². The number of nitrogens with zero attached hydrogens (tertiary/aromatic N) is 2. The molecule has 78 valence electrons. The highest BCUT2D eigenvalue weighted by Gasteiger charge is 2.08. The zero-order chi connectivity index (χ0) is 10.8. The molecule has 1 atom stereocenters. The van der Waals surface area contributed by atoms with E-state index in [1.807, 2.05) is 36.9 Å². The minimum atomic E-state index is -0.0125. The molecule has 3 nitrogen and oxygen atoms in total. The molecular formula is C11H13N3S. The van der Waals surface area contributed by atoms with E-state index >= 15 is 0 Å². The molecule has 4 heteroatoms. The van der Waals surface area contributed by atoms with E-state index in [2.05, 4.69) is 9.97 Å². The van der Waals surface area contributed by atoms with E-state index in [1.165, 1.54) is 0 Å². The summed E-state index contributed by atoms with van der Waals surface area (Å²) in [6.07, 6.45) is 1.82. The molecule has 0 spiro atoms. The lowest BCUT2D eigenvalue weighted by Crippen LogP contribution is -2.09. The number of rotatable bonds is 2. The van der Waals surface area contributed by atoms with Crippen molar-refractivity contribution in [1.29, 1.82) is 0 Å². The largest absolute Gasteiger partial charge is 0.324 e. The Morgan fingerprint density at radius 1 is 1.47 bits per heavy atom. The maximum absolute atomic E-state index is 5.81. The SMILES string of the molecule is Cc1nc(-c2ccsc2)ncc1[C@@H](C)N. The van der Waals surface area contributed by atoms with Crippen LogP contribution in [0.4, 0.5) is 0 Å². The van der Waals surface area contributed by atoms with Crippen molar-refractivity contribution in [3.05, 3.63) is 34.3 Å². The molecule has 15 heavy (non-hydrogen) atoms. The molecule has 0 fully saturated rings. The highest BCUT2D eigenvalue weighted by molar-refractivity contribution is 7.08. The minimum Gasteiger partial charge on any atom is -0.324 e. The number of aromatic nitrogens is 2. The van der Waals surface area contributed by atoms with Gasteiger partial charge >= 0.3 is 0 Å². The quantitative estimate of drug-likeness (QED) is 0.844. The lowest BCUT2D eigenvalue weighted by atomic mass is 10.1. The second-order valence-corrected chi connectivity index (χ2v) is 4.32. The van der Waals surface area contributed by atoms with Crippen molar-refractivity contribution in [1.82, 2.24) is 9.97 Å².